The summed E-state index contributed by atoms with van der Waals surface area (Å²) in [5.74, 6) is 0.383. The molecule has 0 fully saturated rings. The minimum atomic E-state index is -0.873. The van der Waals surface area contributed by atoms with Gasteiger partial charge in [0.05, 0.1) is 14.2 Å². The second-order valence-corrected chi connectivity index (χ2v) is 5.75. The predicted molar refractivity (Wildman–Crippen MR) is 99.6 cm³/mol. The average Bonchev–Trinajstić information content (AvgIpc) is 2.66. The molecule has 2 rings (SSSR count). The molecule has 0 spiro atoms. The summed E-state index contributed by atoms with van der Waals surface area (Å²) in [5, 5.41) is 0. The van der Waals surface area contributed by atoms with E-state index in [1.165, 1.54) is 6.08 Å². The van der Waals surface area contributed by atoms with E-state index in [1.807, 2.05) is 19.1 Å². The lowest BCUT2D eigenvalue weighted by atomic mass is 10.1. The lowest BCUT2D eigenvalue weighted by molar-refractivity contribution is -0.140. The molecule has 0 unspecified atom stereocenters. The molecule has 26 heavy (non-hydrogen) atoms. The van der Waals surface area contributed by atoms with Gasteiger partial charge < -0.3 is 14.2 Å². The van der Waals surface area contributed by atoms with Gasteiger partial charge in [0.25, 0.3) is 0 Å². The van der Waals surface area contributed by atoms with Gasteiger partial charge in [-0.05, 0) is 38.1 Å². The number of ether oxygens (including phenoxy) is 3. The number of rotatable bonds is 7. The maximum Gasteiger partial charge on any atom is 0.331 e. The van der Waals surface area contributed by atoms with Crippen LogP contribution in [-0.4, -0.2) is 32.1 Å². The van der Waals surface area contributed by atoms with Crippen LogP contribution in [0.25, 0.3) is 6.08 Å². The Morgan fingerprint density at radius 1 is 1.00 bits per heavy atom. The Bertz CT molecular complexity index is 806. The summed E-state index contributed by atoms with van der Waals surface area (Å²) in [5.41, 5.74) is 2.23. The van der Waals surface area contributed by atoms with Crippen LogP contribution in [0.3, 0.4) is 0 Å². The van der Waals surface area contributed by atoms with E-state index in [0.717, 1.165) is 5.56 Å². The van der Waals surface area contributed by atoms with E-state index in [4.69, 9.17) is 14.2 Å². The second-order valence-electron chi connectivity index (χ2n) is 5.75. The summed E-state index contributed by atoms with van der Waals surface area (Å²) in [6, 6.07) is 12.4. The summed E-state index contributed by atoms with van der Waals surface area (Å²) in [7, 11) is 3.10. The molecule has 5 nitrogen and oxygen atoms in total. The largest absolute Gasteiger partial charge is 0.497 e. The number of benzene rings is 2. The van der Waals surface area contributed by atoms with Crippen LogP contribution in [0.5, 0.6) is 11.5 Å². The Morgan fingerprint density at radius 3 is 2.31 bits per heavy atom. The predicted octanol–water partition coefficient (Wildman–Crippen LogP) is 3.84. The van der Waals surface area contributed by atoms with E-state index in [9.17, 15) is 9.59 Å². The Labute approximate surface area is 153 Å². The standard InChI is InChI=1S/C21H22O5/c1-14-5-7-16(8-6-14)21(23)15(2)26-20(22)12-9-17-13-18(24-3)10-11-19(17)25-4/h5-13,15H,1-4H3/b12-9+/t15-/m1/s1. The third kappa shape index (κ3) is 4.96. The molecule has 0 aliphatic rings. The SMILES string of the molecule is COc1ccc(OC)c(/C=C/C(=O)O[C@H](C)C(=O)c2ccc(C)cc2)c1. The molecule has 0 radical (unpaired) electrons. The lowest BCUT2D eigenvalue weighted by Crippen LogP contribution is -2.23. The molecule has 2 aromatic carbocycles. The highest BCUT2D eigenvalue weighted by molar-refractivity contribution is 6.01. The van der Waals surface area contributed by atoms with Crippen molar-refractivity contribution >= 4 is 17.8 Å². The average molecular weight is 354 g/mol. The summed E-state index contributed by atoms with van der Waals surface area (Å²) in [4.78, 5) is 24.3. The fraction of sp³-hybridized carbons (Fsp3) is 0.238. The van der Waals surface area contributed by atoms with Gasteiger partial charge in [0.15, 0.2) is 6.10 Å². The van der Waals surface area contributed by atoms with Crippen LogP contribution in [0.15, 0.2) is 48.5 Å². The molecule has 0 heterocycles. The number of carbonyl (C=O) groups excluding carboxylic acids is 2. The molecule has 0 bridgehead atoms. The van der Waals surface area contributed by atoms with Crippen molar-refractivity contribution in [3.63, 3.8) is 0 Å². The van der Waals surface area contributed by atoms with Crippen LogP contribution >= 0.6 is 0 Å². The van der Waals surface area contributed by atoms with Gasteiger partial charge in [0, 0.05) is 17.2 Å². The van der Waals surface area contributed by atoms with E-state index in [0.29, 0.717) is 22.6 Å². The van der Waals surface area contributed by atoms with Gasteiger partial charge >= 0.3 is 5.97 Å². The van der Waals surface area contributed by atoms with Crippen LogP contribution < -0.4 is 9.47 Å². The number of methoxy groups -OCH3 is 2. The lowest BCUT2D eigenvalue weighted by Gasteiger charge is -2.11. The van der Waals surface area contributed by atoms with Crippen LogP contribution in [-0.2, 0) is 9.53 Å². The number of hydrogen-bond donors (Lipinski definition) is 0. The van der Waals surface area contributed by atoms with Gasteiger partial charge in [-0.3, -0.25) is 4.79 Å². The van der Waals surface area contributed by atoms with Gasteiger partial charge in [0.2, 0.25) is 5.78 Å². The molecule has 1 atom stereocenters. The van der Waals surface area contributed by atoms with Crippen molar-refractivity contribution in [1.29, 1.82) is 0 Å². The van der Waals surface area contributed by atoms with E-state index in [1.54, 1.807) is 57.6 Å². The molecular weight excluding hydrogens is 332 g/mol. The molecule has 0 amide bonds. The van der Waals surface area contributed by atoms with Gasteiger partial charge in [-0.15, -0.1) is 0 Å². The van der Waals surface area contributed by atoms with Crippen molar-refractivity contribution < 1.29 is 23.8 Å². The van der Waals surface area contributed by atoms with Gasteiger partial charge in [0.1, 0.15) is 11.5 Å². The Kier molecular flexibility index (Phi) is 6.55. The number of ketones is 1. The van der Waals surface area contributed by atoms with Crippen molar-refractivity contribution in [1.82, 2.24) is 0 Å². The van der Waals surface area contributed by atoms with E-state index in [-0.39, 0.29) is 5.78 Å². The Balaban J connectivity index is 2.04. The number of hydrogen-bond acceptors (Lipinski definition) is 5. The Morgan fingerprint density at radius 2 is 1.69 bits per heavy atom. The van der Waals surface area contributed by atoms with E-state index >= 15 is 0 Å². The van der Waals surface area contributed by atoms with Gasteiger partial charge in [-0.1, -0.05) is 29.8 Å². The fourth-order valence-electron chi connectivity index (χ4n) is 2.35. The molecule has 0 aromatic heterocycles. The number of Topliss-reactive ketones (excluding diaryl/α,β-unsaturated/α-hetero) is 1. The minimum Gasteiger partial charge on any atom is -0.497 e. The van der Waals surface area contributed by atoms with E-state index < -0.39 is 12.1 Å². The molecule has 0 N–H and O–H groups in total. The summed E-state index contributed by atoms with van der Waals surface area (Å²) in [6.45, 7) is 3.50. The number of carbonyl (C=O) groups is 2. The first-order valence-electron chi connectivity index (χ1n) is 8.16. The molecule has 136 valence electrons. The number of esters is 1. The van der Waals surface area contributed by atoms with E-state index in [2.05, 4.69) is 0 Å². The van der Waals surface area contributed by atoms with Crippen LogP contribution in [0.4, 0.5) is 0 Å². The zero-order valence-corrected chi connectivity index (χ0v) is 15.3. The monoisotopic (exact) mass is 354 g/mol. The molecule has 0 aliphatic heterocycles. The smallest absolute Gasteiger partial charge is 0.331 e. The van der Waals surface area contributed by atoms with Crippen molar-refractivity contribution in [2.45, 2.75) is 20.0 Å². The summed E-state index contributed by atoms with van der Waals surface area (Å²) < 4.78 is 15.6. The topological polar surface area (TPSA) is 61.8 Å². The first kappa shape index (κ1) is 19.2. The molecule has 0 saturated heterocycles. The van der Waals surface area contributed by atoms with Crippen LogP contribution in [0, 0.1) is 6.92 Å². The first-order chi connectivity index (χ1) is 12.4. The third-order valence-corrected chi connectivity index (χ3v) is 3.83. The third-order valence-electron chi connectivity index (χ3n) is 3.83. The Hall–Kier alpha value is -3.08. The van der Waals surface area contributed by atoms with Crippen molar-refractivity contribution in [2.24, 2.45) is 0 Å². The summed E-state index contributed by atoms with van der Waals surface area (Å²) >= 11 is 0. The van der Waals surface area contributed by atoms with Gasteiger partial charge in [-0.2, -0.15) is 0 Å². The maximum atomic E-state index is 12.3. The minimum absolute atomic E-state index is 0.245. The number of aryl methyl sites for hydroxylation is 1. The van der Waals surface area contributed by atoms with Crippen LogP contribution in [0.1, 0.15) is 28.4 Å². The summed E-state index contributed by atoms with van der Waals surface area (Å²) in [6.07, 6.45) is 1.95. The van der Waals surface area contributed by atoms with Crippen molar-refractivity contribution in [3.05, 3.63) is 65.2 Å². The molecule has 2 aromatic rings. The van der Waals surface area contributed by atoms with Gasteiger partial charge in [-0.25, -0.2) is 4.79 Å². The fourth-order valence-corrected chi connectivity index (χ4v) is 2.35. The molecular formula is C21H22O5. The molecule has 0 saturated carbocycles. The maximum absolute atomic E-state index is 12.3. The highest BCUT2D eigenvalue weighted by Crippen LogP contribution is 2.25. The highest BCUT2D eigenvalue weighted by Gasteiger charge is 2.18. The first-order valence-corrected chi connectivity index (χ1v) is 8.16. The second kappa shape index (κ2) is 8.85. The van der Waals surface area contributed by atoms with Crippen molar-refractivity contribution in [3.8, 4) is 11.5 Å². The quantitative estimate of drug-likeness (QED) is 0.429. The molecule has 5 heteroatoms. The highest BCUT2D eigenvalue weighted by atomic mass is 16.5. The zero-order valence-electron chi connectivity index (χ0n) is 15.3. The van der Waals surface area contributed by atoms with Crippen LogP contribution in [0.2, 0.25) is 0 Å². The zero-order chi connectivity index (χ0) is 19.1. The molecule has 0 aliphatic carbocycles. The van der Waals surface area contributed by atoms with Crippen molar-refractivity contribution in [2.75, 3.05) is 14.2 Å². The normalized spacial score (nSPS) is 11.8.